The van der Waals surface area contributed by atoms with Crippen LogP contribution in [0, 0.1) is 0 Å². The average Bonchev–Trinajstić information content (AvgIpc) is 3.03. The molecule has 0 aliphatic heterocycles. The van der Waals surface area contributed by atoms with E-state index < -0.39 is 0 Å². The number of carbonyl (C=O) groups is 1. The lowest BCUT2D eigenvalue weighted by molar-refractivity contribution is 0.0946. The molecule has 2 aromatic heterocycles. The van der Waals surface area contributed by atoms with E-state index in [0.717, 1.165) is 11.3 Å². The van der Waals surface area contributed by atoms with Gasteiger partial charge in [-0.25, -0.2) is 0 Å². The predicted octanol–water partition coefficient (Wildman–Crippen LogP) is 2.67. The van der Waals surface area contributed by atoms with Crippen molar-refractivity contribution in [3.8, 4) is 11.3 Å². The number of hydrogen-bond donors (Lipinski definition) is 1. The molecule has 5 heteroatoms. The number of nitrogens with one attached hydrogen (secondary N) is 1. The Morgan fingerprint density at radius 3 is 2.76 bits per heavy atom. The van der Waals surface area contributed by atoms with E-state index in [1.807, 2.05) is 36.4 Å². The number of aromatic nitrogens is 2. The van der Waals surface area contributed by atoms with E-state index in [9.17, 15) is 4.79 Å². The van der Waals surface area contributed by atoms with Crippen LogP contribution in [0.1, 0.15) is 16.1 Å². The van der Waals surface area contributed by atoms with Crippen LogP contribution in [0.4, 0.5) is 0 Å². The fourth-order valence-electron chi connectivity index (χ4n) is 1.91. The van der Waals surface area contributed by atoms with E-state index in [1.54, 1.807) is 18.3 Å². The maximum atomic E-state index is 11.9. The molecule has 0 radical (unpaired) electrons. The molecule has 0 saturated carbocycles. The summed E-state index contributed by atoms with van der Waals surface area (Å²) in [6.45, 7) is 0.285. The van der Waals surface area contributed by atoms with Gasteiger partial charge >= 0.3 is 0 Å². The quantitative estimate of drug-likeness (QED) is 0.797. The smallest absolute Gasteiger partial charge is 0.253 e. The SMILES string of the molecule is O=C(NCc1cc(-c2ccccc2)no1)c1cccnc1. The third-order valence-electron chi connectivity index (χ3n) is 2.98. The first kappa shape index (κ1) is 13.1. The van der Waals surface area contributed by atoms with Crippen molar-refractivity contribution in [2.45, 2.75) is 6.54 Å². The fourth-order valence-corrected chi connectivity index (χ4v) is 1.91. The van der Waals surface area contributed by atoms with Crippen LogP contribution in [0.2, 0.25) is 0 Å². The summed E-state index contributed by atoms with van der Waals surface area (Å²) in [5.74, 6) is 0.409. The molecule has 21 heavy (non-hydrogen) atoms. The van der Waals surface area contributed by atoms with Gasteiger partial charge in [-0.1, -0.05) is 35.5 Å². The summed E-state index contributed by atoms with van der Waals surface area (Å²) in [4.78, 5) is 15.8. The molecule has 0 spiro atoms. The van der Waals surface area contributed by atoms with Crippen molar-refractivity contribution in [3.05, 3.63) is 72.2 Å². The maximum absolute atomic E-state index is 11.9. The van der Waals surface area contributed by atoms with E-state index in [4.69, 9.17) is 4.52 Å². The van der Waals surface area contributed by atoms with Crippen LogP contribution in [0.15, 0.2) is 65.4 Å². The summed E-state index contributed by atoms with van der Waals surface area (Å²) in [5.41, 5.74) is 2.24. The fraction of sp³-hybridized carbons (Fsp3) is 0.0625. The summed E-state index contributed by atoms with van der Waals surface area (Å²) in [6, 6.07) is 15.0. The molecule has 3 rings (SSSR count). The van der Waals surface area contributed by atoms with E-state index in [2.05, 4.69) is 15.5 Å². The van der Waals surface area contributed by atoms with Crippen LogP contribution >= 0.6 is 0 Å². The second-order valence-corrected chi connectivity index (χ2v) is 4.47. The standard InChI is InChI=1S/C16H13N3O2/c20-16(13-7-4-8-17-10-13)18-11-14-9-15(19-21-14)12-5-2-1-3-6-12/h1-10H,11H2,(H,18,20). The summed E-state index contributed by atoms with van der Waals surface area (Å²) in [5, 5.41) is 6.77. The molecule has 1 N–H and O–H groups in total. The lowest BCUT2D eigenvalue weighted by atomic mass is 10.1. The first-order valence-electron chi connectivity index (χ1n) is 6.52. The first-order valence-corrected chi connectivity index (χ1v) is 6.52. The molecule has 0 fully saturated rings. The summed E-state index contributed by atoms with van der Waals surface area (Å²) in [6.07, 6.45) is 3.14. The summed E-state index contributed by atoms with van der Waals surface area (Å²) >= 11 is 0. The highest BCUT2D eigenvalue weighted by Crippen LogP contribution is 2.18. The van der Waals surface area contributed by atoms with Crippen molar-refractivity contribution in [2.75, 3.05) is 0 Å². The number of rotatable bonds is 4. The zero-order chi connectivity index (χ0) is 14.5. The highest BCUT2D eigenvalue weighted by molar-refractivity contribution is 5.93. The summed E-state index contributed by atoms with van der Waals surface area (Å²) in [7, 11) is 0. The van der Waals surface area contributed by atoms with E-state index >= 15 is 0 Å². The normalized spacial score (nSPS) is 10.3. The Morgan fingerprint density at radius 1 is 1.14 bits per heavy atom. The minimum Gasteiger partial charge on any atom is -0.359 e. The van der Waals surface area contributed by atoms with Gasteiger partial charge in [0.25, 0.3) is 5.91 Å². The van der Waals surface area contributed by atoms with Crippen molar-refractivity contribution >= 4 is 5.91 Å². The van der Waals surface area contributed by atoms with Gasteiger partial charge in [-0.3, -0.25) is 9.78 Å². The van der Waals surface area contributed by atoms with Crippen molar-refractivity contribution in [1.82, 2.24) is 15.5 Å². The molecule has 3 aromatic rings. The molecule has 5 nitrogen and oxygen atoms in total. The molecule has 0 unspecified atom stereocenters. The van der Waals surface area contributed by atoms with Crippen LogP contribution in [-0.4, -0.2) is 16.0 Å². The molecule has 2 heterocycles. The molecular weight excluding hydrogens is 266 g/mol. The Hall–Kier alpha value is -2.95. The van der Waals surface area contributed by atoms with Gasteiger partial charge in [0.15, 0.2) is 5.76 Å². The highest BCUT2D eigenvalue weighted by atomic mass is 16.5. The molecule has 0 bridgehead atoms. The van der Waals surface area contributed by atoms with Gasteiger partial charge in [0.2, 0.25) is 0 Å². The molecule has 1 aromatic carbocycles. The predicted molar refractivity (Wildman–Crippen MR) is 77.3 cm³/mol. The van der Waals surface area contributed by atoms with Crippen LogP contribution in [0.5, 0.6) is 0 Å². The van der Waals surface area contributed by atoms with Gasteiger partial charge < -0.3 is 9.84 Å². The van der Waals surface area contributed by atoms with E-state index in [0.29, 0.717) is 11.3 Å². The van der Waals surface area contributed by atoms with Crippen molar-refractivity contribution in [1.29, 1.82) is 0 Å². The van der Waals surface area contributed by atoms with Crippen LogP contribution < -0.4 is 5.32 Å². The van der Waals surface area contributed by atoms with Crippen molar-refractivity contribution in [3.63, 3.8) is 0 Å². The Balaban J connectivity index is 1.64. The molecule has 0 aliphatic carbocycles. The topological polar surface area (TPSA) is 68.0 Å². The number of pyridine rings is 1. The number of carbonyl (C=O) groups excluding carboxylic acids is 1. The third kappa shape index (κ3) is 3.14. The first-order chi connectivity index (χ1) is 10.3. The van der Waals surface area contributed by atoms with Gasteiger partial charge in [0.1, 0.15) is 5.69 Å². The van der Waals surface area contributed by atoms with E-state index in [-0.39, 0.29) is 12.5 Å². The highest BCUT2D eigenvalue weighted by Gasteiger charge is 2.09. The average molecular weight is 279 g/mol. The third-order valence-corrected chi connectivity index (χ3v) is 2.98. The van der Waals surface area contributed by atoms with E-state index in [1.165, 1.54) is 6.20 Å². The lowest BCUT2D eigenvalue weighted by Crippen LogP contribution is -2.22. The second kappa shape index (κ2) is 6.00. The number of amides is 1. The lowest BCUT2D eigenvalue weighted by Gasteiger charge is -2.01. The number of benzene rings is 1. The Morgan fingerprint density at radius 2 is 2.00 bits per heavy atom. The summed E-state index contributed by atoms with van der Waals surface area (Å²) < 4.78 is 5.22. The molecule has 0 atom stereocenters. The molecule has 0 aliphatic rings. The van der Waals surface area contributed by atoms with Gasteiger partial charge in [-0.05, 0) is 12.1 Å². The van der Waals surface area contributed by atoms with Gasteiger partial charge in [0.05, 0.1) is 12.1 Å². The van der Waals surface area contributed by atoms with Crippen molar-refractivity contribution in [2.24, 2.45) is 0 Å². The van der Waals surface area contributed by atoms with Gasteiger partial charge in [-0.15, -0.1) is 0 Å². The molecule has 1 amide bonds. The zero-order valence-electron chi connectivity index (χ0n) is 11.2. The number of nitrogens with zero attached hydrogens (tertiary/aromatic N) is 2. The Kier molecular flexibility index (Phi) is 3.73. The molecule has 0 saturated heterocycles. The monoisotopic (exact) mass is 279 g/mol. The minimum atomic E-state index is -0.194. The zero-order valence-corrected chi connectivity index (χ0v) is 11.2. The Labute approximate surface area is 121 Å². The van der Waals surface area contributed by atoms with Crippen LogP contribution in [0.25, 0.3) is 11.3 Å². The van der Waals surface area contributed by atoms with Gasteiger partial charge in [-0.2, -0.15) is 0 Å². The van der Waals surface area contributed by atoms with Crippen LogP contribution in [-0.2, 0) is 6.54 Å². The van der Waals surface area contributed by atoms with Crippen LogP contribution in [0.3, 0.4) is 0 Å². The second-order valence-electron chi connectivity index (χ2n) is 4.47. The number of hydrogen-bond acceptors (Lipinski definition) is 4. The van der Waals surface area contributed by atoms with Gasteiger partial charge in [0, 0.05) is 24.0 Å². The Bertz CT molecular complexity index is 724. The largest absolute Gasteiger partial charge is 0.359 e. The minimum absolute atomic E-state index is 0.194. The van der Waals surface area contributed by atoms with Crippen molar-refractivity contribution < 1.29 is 9.32 Å². The maximum Gasteiger partial charge on any atom is 0.253 e. The molecular formula is C16H13N3O2. The molecule has 104 valence electrons.